The predicted molar refractivity (Wildman–Crippen MR) is 117 cm³/mol. The Labute approximate surface area is 160 Å². The van der Waals surface area contributed by atoms with Gasteiger partial charge in [0.15, 0.2) is 0 Å². The quantitative estimate of drug-likeness (QED) is 0.302. The molecule has 2 nitrogen and oxygen atoms in total. The molecule has 0 spiro atoms. The van der Waals surface area contributed by atoms with E-state index in [0.717, 1.165) is 11.2 Å². The van der Waals surface area contributed by atoms with Crippen molar-refractivity contribution in [1.82, 2.24) is 9.38 Å². The Morgan fingerprint density at radius 3 is 2.67 bits per heavy atom. The third-order valence-corrected chi connectivity index (χ3v) is 6.70. The molecule has 6 rings (SSSR count). The Hall–Kier alpha value is -2.91. The summed E-state index contributed by atoms with van der Waals surface area (Å²) in [5.41, 5.74) is 4.68. The van der Waals surface area contributed by atoms with Gasteiger partial charge >= 0.3 is 0 Å². The van der Waals surface area contributed by atoms with Gasteiger partial charge in [0.2, 0.25) is 0 Å². The van der Waals surface area contributed by atoms with Gasteiger partial charge in [-0.3, -0.25) is 4.40 Å². The first kappa shape index (κ1) is 15.2. The Kier molecular flexibility index (Phi) is 2.98. The topological polar surface area (TPSA) is 17.3 Å². The van der Waals surface area contributed by atoms with E-state index in [1.165, 1.54) is 42.0 Å². The highest BCUT2D eigenvalue weighted by atomic mass is 32.1. The first-order valence-electron chi connectivity index (χ1n) is 9.35. The third-order valence-electron chi connectivity index (χ3n) is 5.57. The van der Waals surface area contributed by atoms with E-state index in [1.54, 1.807) is 0 Å². The number of nitrogens with zero attached hydrogens (tertiary/aromatic N) is 2. The van der Waals surface area contributed by atoms with Gasteiger partial charge in [0.05, 0.1) is 11.0 Å². The summed E-state index contributed by atoms with van der Waals surface area (Å²) in [7, 11) is 0. The molecule has 3 heterocycles. The highest BCUT2D eigenvalue weighted by molar-refractivity contribution is 7.25. The van der Waals surface area contributed by atoms with Gasteiger partial charge in [0.25, 0.3) is 0 Å². The van der Waals surface area contributed by atoms with Crippen LogP contribution < -0.4 is 0 Å². The fraction of sp³-hybridized carbons (Fsp3) is 0.125. The van der Waals surface area contributed by atoms with E-state index in [9.17, 15) is 0 Å². The third kappa shape index (κ3) is 2.03. The second-order valence-corrected chi connectivity index (χ2v) is 8.61. The van der Waals surface area contributed by atoms with Gasteiger partial charge in [0.1, 0.15) is 5.65 Å². The van der Waals surface area contributed by atoms with Gasteiger partial charge in [0, 0.05) is 31.8 Å². The molecule has 0 aliphatic carbocycles. The molecular formula is C24H18N2S. The molecule has 0 saturated carbocycles. The number of fused-ring (bicyclic) bond motifs is 8. The number of imidazole rings is 1. The summed E-state index contributed by atoms with van der Waals surface area (Å²) in [4.78, 5) is 5.08. The minimum atomic E-state index is 0.465. The molecule has 0 aliphatic heterocycles. The molecule has 0 fully saturated rings. The molecule has 130 valence electrons. The number of rotatable bonds is 1. The van der Waals surface area contributed by atoms with Crippen LogP contribution in [0.4, 0.5) is 0 Å². The van der Waals surface area contributed by atoms with Crippen LogP contribution in [0.2, 0.25) is 0 Å². The average Bonchev–Trinajstić information content (AvgIpc) is 3.22. The molecule has 0 N–H and O–H groups in total. The fourth-order valence-corrected chi connectivity index (χ4v) is 5.38. The van der Waals surface area contributed by atoms with E-state index < -0.39 is 0 Å². The zero-order valence-electron chi connectivity index (χ0n) is 15.2. The molecule has 0 bridgehead atoms. The summed E-state index contributed by atoms with van der Waals surface area (Å²) in [5.74, 6) is 0.465. The largest absolute Gasteiger partial charge is 0.299 e. The number of aromatic nitrogens is 2. The molecule has 3 aromatic heterocycles. The van der Waals surface area contributed by atoms with Crippen molar-refractivity contribution in [2.45, 2.75) is 19.8 Å². The maximum absolute atomic E-state index is 5.08. The predicted octanol–water partition coefficient (Wildman–Crippen LogP) is 7.13. The zero-order valence-corrected chi connectivity index (χ0v) is 16.0. The summed E-state index contributed by atoms with van der Waals surface area (Å²) in [6.45, 7) is 4.51. The van der Waals surface area contributed by atoms with Crippen molar-refractivity contribution in [3.63, 3.8) is 0 Å². The lowest BCUT2D eigenvalue weighted by Crippen LogP contribution is -1.93. The molecule has 0 radical (unpaired) electrons. The second-order valence-electron chi connectivity index (χ2n) is 7.52. The van der Waals surface area contributed by atoms with Crippen molar-refractivity contribution in [2.24, 2.45) is 0 Å². The maximum Gasteiger partial charge on any atom is 0.146 e. The summed E-state index contributed by atoms with van der Waals surface area (Å²) in [6, 6.07) is 22.0. The molecule has 6 aromatic rings. The molecule has 0 unspecified atom stereocenters. The lowest BCUT2D eigenvalue weighted by atomic mass is 9.97. The minimum absolute atomic E-state index is 0.465. The van der Waals surface area contributed by atoms with Crippen LogP contribution in [0, 0.1) is 0 Å². The zero-order chi connectivity index (χ0) is 18.1. The number of benzene rings is 3. The molecular weight excluding hydrogens is 348 g/mol. The van der Waals surface area contributed by atoms with Crippen molar-refractivity contribution in [3.05, 3.63) is 72.4 Å². The Morgan fingerprint density at radius 2 is 1.78 bits per heavy atom. The van der Waals surface area contributed by atoms with Crippen molar-refractivity contribution in [3.8, 4) is 0 Å². The van der Waals surface area contributed by atoms with Crippen LogP contribution in [0.25, 0.3) is 47.6 Å². The van der Waals surface area contributed by atoms with Crippen LogP contribution in [-0.2, 0) is 0 Å². The van der Waals surface area contributed by atoms with E-state index in [-0.39, 0.29) is 0 Å². The van der Waals surface area contributed by atoms with E-state index in [0.29, 0.717) is 5.92 Å². The molecule has 0 amide bonds. The van der Waals surface area contributed by atoms with Crippen LogP contribution in [0.1, 0.15) is 25.3 Å². The van der Waals surface area contributed by atoms with E-state index >= 15 is 0 Å². The molecule has 0 atom stereocenters. The average molecular weight is 366 g/mol. The summed E-state index contributed by atoms with van der Waals surface area (Å²) in [5, 5.41) is 5.19. The van der Waals surface area contributed by atoms with Crippen molar-refractivity contribution < 1.29 is 0 Å². The lowest BCUT2D eigenvalue weighted by Gasteiger charge is -2.10. The van der Waals surface area contributed by atoms with E-state index in [2.05, 4.69) is 85.1 Å². The fourth-order valence-electron chi connectivity index (χ4n) is 4.26. The number of hydrogen-bond donors (Lipinski definition) is 0. The number of hydrogen-bond acceptors (Lipinski definition) is 2. The van der Waals surface area contributed by atoms with Crippen molar-refractivity contribution >= 4 is 59.0 Å². The highest BCUT2D eigenvalue weighted by Crippen LogP contribution is 2.37. The summed E-state index contributed by atoms with van der Waals surface area (Å²) < 4.78 is 4.90. The summed E-state index contributed by atoms with van der Waals surface area (Å²) in [6.07, 6.45) is 2.16. The van der Waals surface area contributed by atoms with Gasteiger partial charge in [-0.2, -0.15) is 0 Å². The Bertz CT molecular complexity index is 1500. The minimum Gasteiger partial charge on any atom is -0.299 e. The Morgan fingerprint density at radius 1 is 0.889 bits per heavy atom. The van der Waals surface area contributed by atoms with Crippen LogP contribution >= 0.6 is 11.3 Å². The molecule has 3 heteroatoms. The monoisotopic (exact) mass is 366 g/mol. The first-order chi connectivity index (χ1) is 13.2. The highest BCUT2D eigenvalue weighted by Gasteiger charge is 2.14. The van der Waals surface area contributed by atoms with Gasteiger partial charge in [-0.1, -0.05) is 50.2 Å². The second kappa shape index (κ2) is 5.30. The van der Waals surface area contributed by atoms with Crippen LogP contribution in [-0.4, -0.2) is 9.38 Å². The normalized spacial score (nSPS) is 12.4. The van der Waals surface area contributed by atoms with Gasteiger partial charge in [-0.15, -0.1) is 11.3 Å². The molecule has 0 saturated heterocycles. The maximum atomic E-state index is 5.08. The van der Waals surface area contributed by atoms with Gasteiger partial charge in [-0.05, 0) is 41.1 Å². The van der Waals surface area contributed by atoms with Crippen LogP contribution in [0.15, 0.2) is 66.9 Å². The van der Waals surface area contributed by atoms with E-state index in [4.69, 9.17) is 4.98 Å². The Balaban J connectivity index is 1.81. The lowest BCUT2D eigenvalue weighted by molar-refractivity contribution is 0.876. The van der Waals surface area contributed by atoms with Gasteiger partial charge < -0.3 is 0 Å². The van der Waals surface area contributed by atoms with Gasteiger partial charge in [-0.25, -0.2) is 4.98 Å². The molecule has 27 heavy (non-hydrogen) atoms. The standard InChI is InChI=1S/C24H18N2S/c1-14(2)16-8-5-6-15-10-11-26-20-12-18-17-7-3-4-9-21(17)27-22(18)13-19(20)25-24(26)23(15)16/h3-14H,1-2H3. The SMILES string of the molecule is CC(C)c1cccc2ccn3c4cc5c(cc4nc3c12)sc1ccccc15. The van der Waals surface area contributed by atoms with E-state index in [1.807, 2.05) is 11.3 Å². The summed E-state index contributed by atoms with van der Waals surface area (Å²) >= 11 is 1.85. The van der Waals surface area contributed by atoms with Crippen LogP contribution in [0.3, 0.4) is 0 Å². The van der Waals surface area contributed by atoms with Crippen molar-refractivity contribution in [1.29, 1.82) is 0 Å². The van der Waals surface area contributed by atoms with Crippen molar-refractivity contribution in [2.75, 3.05) is 0 Å². The molecule has 3 aromatic carbocycles. The van der Waals surface area contributed by atoms with Crippen LogP contribution in [0.5, 0.6) is 0 Å². The number of thiophene rings is 1. The smallest absolute Gasteiger partial charge is 0.146 e. The molecule has 0 aliphatic rings. The first-order valence-corrected chi connectivity index (χ1v) is 10.2. The number of pyridine rings is 1.